The number of aromatic hydroxyl groups is 1. The second kappa shape index (κ2) is 4.59. The number of carbonyl (C=O) groups is 2. The highest BCUT2D eigenvalue weighted by Crippen LogP contribution is 2.17. The number of hydrogen-bond donors (Lipinski definition) is 2. The normalized spacial score (nSPS) is 9.93. The average Bonchev–Trinajstić information content (AvgIpc) is 2.18. The van der Waals surface area contributed by atoms with Gasteiger partial charge in [0.25, 0.3) is 0 Å². The van der Waals surface area contributed by atoms with Crippen LogP contribution in [0.1, 0.15) is 28.8 Å². The van der Waals surface area contributed by atoms with Gasteiger partial charge in [-0.2, -0.15) is 0 Å². The van der Waals surface area contributed by atoms with Crippen molar-refractivity contribution in [1.82, 2.24) is 0 Å². The summed E-state index contributed by atoms with van der Waals surface area (Å²) < 4.78 is 0. The third-order valence-corrected chi connectivity index (χ3v) is 2.09. The van der Waals surface area contributed by atoms with Gasteiger partial charge < -0.3 is 10.2 Å². The molecule has 1 aromatic rings. The highest BCUT2D eigenvalue weighted by molar-refractivity contribution is 5.99. The molecule has 0 aliphatic heterocycles. The average molecular weight is 208 g/mol. The van der Waals surface area contributed by atoms with Gasteiger partial charge in [-0.05, 0) is 24.6 Å². The van der Waals surface area contributed by atoms with Gasteiger partial charge >= 0.3 is 5.97 Å². The van der Waals surface area contributed by atoms with E-state index in [1.54, 1.807) is 13.0 Å². The van der Waals surface area contributed by atoms with E-state index in [-0.39, 0.29) is 24.4 Å². The number of benzene rings is 1. The second-order valence-electron chi connectivity index (χ2n) is 3.32. The van der Waals surface area contributed by atoms with E-state index in [0.717, 1.165) is 5.56 Å². The molecule has 1 aromatic carbocycles. The molecular formula is C11H12O4. The summed E-state index contributed by atoms with van der Waals surface area (Å²) in [4.78, 5) is 21.8. The number of Topliss-reactive ketones (excluding diaryl/α,β-unsaturated/α-hetero) is 1. The van der Waals surface area contributed by atoms with E-state index in [1.807, 2.05) is 0 Å². The van der Waals surface area contributed by atoms with Crippen molar-refractivity contribution in [3.63, 3.8) is 0 Å². The Morgan fingerprint density at radius 2 is 1.93 bits per heavy atom. The number of hydrogen-bond acceptors (Lipinski definition) is 3. The molecule has 0 saturated heterocycles. The van der Waals surface area contributed by atoms with Crippen LogP contribution in [0.2, 0.25) is 0 Å². The van der Waals surface area contributed by atoms with Crippen molar-refractivity contribution in [3.05, 3.63) is 29.3 Å². The first-order chi connectivity index (χ1) is 7.00. The van der Waals surface area contributed by atoms with Gasteiger partial charge in [-0.3, -0.25) is 9.59 Å². The lowest BCUT2D eigenvalue weighted by Crippen LogP contribution is -2.05. The molecule has 0 heterocycles. The summed E-state index contributed by atoms with van der Waals surface area (Å²) in [5, 5.41) is 17.6. The minimum Gasteiger partial charge on any atom is -0.508 e. The maximum Gasteiger partial charge on any atom is 0.303 e. The van der Waals surface area contributed by atoms with Crippen molar-refractivity contribution in [3.8, 4) is 5.75 Å². The number of carboxylic acids is 1. The summed E-state index contributed by atoms with van der Waals surface area (Å²) in [5.41, 5.74) is 1.12. The predicted octanol–water partition coefficient (Wildman–Crippen LogP) is 1.75. The second-order valence-corrected chi connectivity index (χ2v) is 3.32. The molecule has 0 atom stereocenters. The Morgan fingerprint density at radius 1 is 1.27 bits per heavy atom. The maximum absolute atomic E-state index is 11.5. The fourth-order valence-corrected chi connectivity index (χ4v) is 1.27. The van der Waals surface area contributed by atoms with Crippen molar-refractivity contribution in [2.45, 2.75) is 19.8 Å². The molecule has 2 N–H and O–H groups in total. The van der Waals surface area contributed by atoms with Crippen molar-refractivity contribution >= 4 is 11.8 Å². The summed E-state index contributed by atoms with van der Waals surface area (Å²) in [6, 6.07) is 4.48. The topological polar surface area (TPSA) is 74.6 Å². The van der Waals surface area contributed by atoms with Crippen LogP contribution in [0.25, 0.3) is 0 Å². The standard InChI is InChI=1S/C11H12O4/c1-7-2-3-8(12)6-9(7)10(13)4-5-11(14)15/h2-3,6,12H,4-5H2,1H3,(H,14,15). The van der Waals surface area contributed by atoms with Crippen LogP contribution in [-0.2, 0) is 4.79 Å². The van der Waals surface area contributed by atoms with Crippen molar-refractivity contribution in [2.24, 2.45) is 0 Å². The quantitative estimate of drug-likeness (QED) is 0.739. The van der Waals surface area contributed by atoms with E-state index in [1.165, 1.54) is 12.1 Å². The molecule has 0 aliphatic rings. The Bertz CT molecular complexity index is 396. The summed E-state index contributed by atoms with van der Waals surface area (Å²) in [7, 11) is 0. The van der Waals surface area contributed by atoms with Crippen LogP contribution in [-0.4, -0.2) is 22.0 Å². The smallest absolute Gasteiger partial charge is 0.303 e. The van der Waals surface area contributed by atoms with Crippen LogP contribution in [0.15, 0.2) is 18.2 Å². The van der Waals surface area contributed by atoms with E-state index in [2.05, 4.69) is 0 Å². The molecule has 0 spiro atoms. The molecule has 0 saturated carbocycles. The largest absolute Gasteiger partial charge is 0.508 e. The molecule has 0 amide bonds. The van der Waals surface area contributed by atoms with Gasteiger partial charge in [-0.15, -0.1) is 0 Å². The van der Waals surface area contributed by atoms with Crippen LogP contribution in [0, 0.1) is 6.92 Å². The molecule has 0 fully saturated rings. The Kier molecular flexibility index (Phi) is 3.44. The first-order valence-electron chi connectivity index (χ1n) is 4.55. The first-order valence-corrected chi connectivity index (χ1v) is 4.55. The third kappa shape index (κ3) is 3.09. The molecule has 4 heteroatoms. The number of phenolic OH excluding ortho intramolecular Hbond substituents is 1. The zero-order valence-corrected chi connectivity index (χ0v) is 8.36. The Morgan fingerprint density at radius 3 is 2.53 bits per heavy atom. The molecule has 0 aliphatic carbocycles. The number of phenols is 1. The molecule has 15 heavy (non-hydrogen) atoms. The van der Waals surface area contributed by atoms with Gasteiger partial charge in [-0.1, -0.05) is 6.07 Å². The number of carbonyl (C=O) groups excluding carboxylic acids is 1. The highest BCUT2D eigenvalue weighted by Gasteiger charge is 2.11. The molecule has 0 radical (unpaired) electrons. The lowest BCUT2D eigenvalue weighted by molar-refractivity contribution is -0.136. The summed E-state index contributed by atoms with van der Waals surface area (Å²) in [6.07, 6.45) is -0.229. The Labute approximate surface area is 87.2 Å². The van der Waals surface area contributed by atoms with E-state index in [4.69, 9.17) is 5.11 Å². The molecule has 4 nitrogen and oxygen atoms in total. The molecule has 0 aromatic heterocycles. The lowest BCUT2D eigenvalue weighted by Gasteiger charge is -2.04. The van der Waals surface area contributed by atoms with Gasteiger partial charge in [0.15, 0.2) is 5.78 Å². The van der Waals surface area contributed by atoms with Crippen molar-refractivity contribution in [2.75, 3.05) is 0 Å². The number of aliphatic carboxylic acids is 1. The molecule has 0 bridgehead atoms. The molecule has 1 rings (SSSR count). The van der Waals surface area contributed by atoms with E-state index in [9.17, 15) is 14.7 Å². The van der Waals surface area contributed by atoms with Crippen molar-refractivity contribution < 1.29 is 19.8 Å². The molecule has 0 unspecified atom stereocenters. The number of rotatable bonds is 4. The Hall–Kier alpha value is -1.84. The van der Waals surface area contributed by atoms with Crippen LogP contribution < -0.4 is 0 Å². The molecular weight excluding hydrogens is 196 g/mol. The first kappa shape index (κ1) is 11.2. The number of carboxylic acid groups (broad SMARTS) is 1. The maximum atomic E-state index is 11.5. The zero-order valence-electron chi connectivity index (χ0n) is 8.36. The Balaban J connectivity index is 2.81. The van der Waals surface area contributed by atoms with Gasteiger partial charge in [0.2, 0.25) is 0 Å². The minimum atomic E-state index is -0.999. The van der Waals surface area contributed by atoms with Gasteiger partial charge in [0.05, 0.1) is 6.42 Å². The summed E-state index contributed by atoms with van der Waals surface area (Å²) in [5.74, 6) is -1.24. The monoisotopic (exact) mass is 208 g/mol. The predicted molar refractivity (Wildman–Crippen MR) is 54.0 cm³/mol. The van der Waals surface area contributed by atoms with Crippen LogP contribution in [0.4, 0.5) is 0 Å². The number of ketones is 1. The van der Waals surface area contributed by atoms with Crippen LogP contribution in [0.3, 0.4) is 0 Å². The zero-order chi connectivity index (χ0) is 11.4. The summed E-state index contributed by atoms with van der Waals surface area (Å²) >= 11 is 0. The fourth-order valence-electron chi connectivity index (χ4n) is 1.27. The van der Waals surface area contributed by atoms with E-state index < -0.39 is 5.97 Å². The van der Waals surface area contributed by atoms with Crippen LogP contribution in [0.5, 0.6) is 5.75 Å². The van der Waals surface area contributed by atoms with Gasteiger partial charge in [0.1, 0.15) is 5.75 Å². The highest BCUT2D eigenvalue weighted by atomic mass is 16.4. The van der Waals surface area contributed by atoms with Gasteiger partial charge in [-0.25, -0.2) is 0 Å². The van der Waals surface area contributed by atoms with Crippen molar-refractivity contribution in [1.29, 1.82) is 0 Å². The minimum absolute atomic E-state index is 0.0132. The van der Waals surface area contributed by atoms with Gasteiger partial charge in [0, 0.05) is 12.0 Å². The molecule has 80 valence electrons. The van der Waals surface area contributed by atoms with E-state index in [0.29, 0.717) is 5.56 Å². The lowest BCUT2D eigenvalue weighted by atomic mass is 10.0. The van der Waals surface area contributed by atoms with E-state index >= 15 is 0 Å². The number of aryl methyl sites for hydroxylation is 1. The third-order valence-electron chi connectivity index (χ3n) is 2.09. The van der Waals surface area contributed by atoms with Crippen LogP contribution >= 0.6 is 0 Å². The fraction of sp³-hybridized carbons (Fsp3) is 0.273. The summed E-state index contributed by atoms with van der Waals surface area (Å²) in [6.45, 7) is 1.74. The SMILES string of the molecule is Cc1ccc(O)cc1C(=O)CCC(=O)O.